The first kappa shape index (κ1) is 10.4. The van der Waals surface area contributed by atoms with Crippen LogP contribution in [0, 0.1) is 18.3 Å². The van der Waals surface area contributed by atoms with Gasteiger partial charge in [0.05, 0.1) is 6.07 Å². The van der Waals surface area contributed by atoms with Crippen LogP contribution < -0.4 is 0 Å². The molecule has 0 amide bonds. The third-order valence-corrected chi connectivity index (χ3v) is 2.32. The summed E-state index contributed by atoms with van der Waals surface area (Å²) in [7, 11) is 0. The fourth-order valence-corrected chi connectivity index (χ4v) is 1.63. The molecule has 0 spiro atoms. The fraction of sp³-hybridized carbons (Fsp3) is 0.231. The predicted octanol–water partition coefficient (Wildman–Crippen LogP) is 3.11. The second-order valence-corrected chi connectivity index (χ2v) is 3.53. The van der Waals surface area contributed by atoms with Crippen LogP contribution in [0.25, 0.3) is 11.3 Å². The van der Waals surface area contributed by atoms with Gasteiger partial charge in [-0.15, -0.1) is 0 Å². The van der Waals surface area contributed by atoms with Gasteiger partial charge in [0.2, 0.25) is 0 Å². The first-order chi connectivity index (χ1) is 7.81. The van der Waals surface area contributed by atoms with Crippen LogP contribution in [-0.2, 0) is 6.42 Å². The lowest BCUT2D eigenvalue weighted by molar-refractivity contribution is 0.476. The van der Waals surface area contributed by atoms with Gasteiger partial charge in [-0.3, -0.25) is 0 Å². The molecule has 0 N–H and O–H groups in total. The van der Waals surface area contributed by atoms with Gasteiger partial charge in [-0.05, 0) is 0 Å². The first-order valence-corrected chi connectivity index (χ1v) is 5.20. The molecule has 0 atom stereocenters. The van der Waals surface area contributed by atoms with E-state index in [2.05, 4.69) is 11.1 Å². The summed E-state index contributed by atoms with van der Waals surface area (Å²) < 4.78 is 5.51. The summed E-state index contributed by atoms with van der Waals surface area (Å²) in [5, 5.41) is 8.58. The van der Waals surface area contributed by atoms with Crippen molar-refractivity contribution in [1.29, 1.82) is 5.26 Å². The highest BCUT2D eigenvalue weighted by Gasteiger charge is 2.12. The predicted molar refractivity (Wildman–Crippen MR) is 60.6 cm³/mol. The van der Waals surface area contributed by atoms with Crippen LogP contribution in [0.4, 0.5) is 0 Å². The highest BCUT2D eigenvalue weighted by molar-refractivity contribution is 5.61. The van der Waals surface area contributed by atoms with Gasteiger partial charge in [-0.25, -0.2) is 4.98 Å². The Morgan fingerprint density at radius 2 is 2.06 bits per heavy atom. The van der Waals surface area contributed by atoms with Crippen molar-refractivity contribution in [3.8, 4) is 17.3 Å². The summed E-state index contributed by atoms with van der Waals surface area (Å²) in [6.45, 7) is 1.82. The van der Waals surface area contributed by atoms with Crippen LogP contribution >= 0.6 is 0 Å². The maximum absolute atomic E-state index is 8.58. The number of hydrogen-bond acceptors (Lipinski definition) is 3. The lowest BCUT2D eigenvalue weighted by atomic mass is 10.1. The maximum atomic E-state index is 8.58. The molecular formula is C13H12N2O. The molecule has 0 unspecified atom stereocenters. The molecule has 1 heterocycles. The van der Waals surface area contributed by atoms with Crippen molar-refractivity contribution in [3.63, 3.8) is 0 Å². The van der Waals surface area contributed by atoms with Gasteiger partial charge in [-0.2, -0.15) is 5.26 Å². The van der Waals surface area contributed by atoms with Gasteiger partial charge in [0.15, 0.2) is 5.89 Å². The number of aryl methyl sites for hydroxylation is 2. The molecule has 3 heteroatoms. The van der Waals surface area contributed by atoms with Crippen LogP contribution in [0.5, 0.6) is 0 Å². The summed E-state index contributed by atoms with van der Waals surface area (Å²) in [6, 6.07) is 12.0. The minimum absolute atomic E-state index is 0.453. The summed E-state index contributed by atoms with van der Waals surface area (Å²) >= 11 is 0. The molecule has 0 radical (unpaired) electrons. The van der Waals surface area contributed by atoms with E-state index in [0.29, 0.717) is 18.7 Å². The van der Waals surface area contributed by atoms with Crippen LogP contribution in [0.1, 0.15) is 18.1 Å². The van der Waals surface area contributed by atoms with Crippen molar-refractivity contribution < 1.29 is 4.42 Å². The molecule has 80 valence electrons. The van der Waals surface area contributed by atoms with Crippen molar-refractivity contribution >= 4 is 0 Å². The molecular weight excluding hydrogens is 200 g/mol. The highest BCUT2D eigenvalue weighted by Crippen LogP contribution is 2.24. The Morgan fingerprint density at radius 3 is 2.75 bits per heavy atom. The third kappa shape index (κ3) is 2.12. The van der Waals surface area contributed by atoms with Gasteiger partial charge in [0, 0.05) is 25.3 Å². The fourth-order valence-electron chi connectivity index (χ4n) is 1.63. The van der Waals surface area contributed by atoms with E-state index in [9.17, 15) is 0 Å². The van der Waals surface area contributed by atoms with Gasteiger partial charge >= 0.3 is 0 Å². The SMILES string of the molecule is Cc1nc(-c2ccccc2)c(CCC#N)o1. The maximum Gasteiger partial charge on any atom is 0.191 e. The van der Waals surface area contributed by atoms with E-state index in [-0.39, 0.29) is 0 Å². The van der Waals surface area contributed by atoms with Gasteiger partial charge in [0.1, 0.15) is 11.5 Å². The van der Waals surface area contributed by atoms with E-state index in [1.54, 1.807) is 0 Å². The molecule has 0 aliphatic carbocycles. The Balaban J connectivity index is 2.37. The zero-order valence-corrected chi connectivity index (χ0v) is 9.10. The standard InChI is InChI=1S/C13H12N2O/c1-10-15-13(11-6-3-2-4-7-11)12(16-10)8-5-9-14/h2-4,6-7H,5,8H2,1H3. The van der Waals surface area contributed by atoms with Crippen LogP contribution in [-0.4, -0.2) is 4.98 Å². The van der Waals surface area contributed by atoms with Crippen molar-refractivity contribution in [2.45, 2.75) is 19.8 Å². The number of rotatable bonds is 3. The molecule has 0 saturated heterocycles. The van der Waals surface area contributed by atoms with Crippen molar-refractivity contribution in [1.82, 2.24) is 4.98 Å². The van der Waals surface area contributed by atoms with E-state index in [0.717, 1.165) is 17.0 Å². The van der Waals surface area contributed by atoms with Crippen LogP contribution in [0.2, 0.25) is 0 Å². The minimum Gasteiger partial charge on any atom is -0.445 e. The average Bonchev–Trinajstić information content (AvgIpc) is 2.69. The Morgan fingerprint density at radius 1 is 1.31 bits per heavy atom. The summed E-state index contributed by atoms with van der Waals surface area (Å²) in [5.41, 5.74) is 1.89. The van der Waals surface area contributed by atoms with Gasteiger partial charge < -0.3 is 4.42 Å². The quantitative estimate of drug-likeness (QED) is 0.785. The largest absolute Gasteiger partial charge is 0.445 e. The van der Waals surface area contributed by atoms with Crippen molar-refractivity contribution in [3.05, 3.63) is 42.0 Å². The molecule has 2 rings (SSSR count). The topological polar surface area (TPSA) is 49.8 Å². The summed E-state index contributed by atoms with van der Waals surface area (Å²) in [5.74, 6) is 1.44. The Bertz CT molecular complexity index is 508. The van der Waals surface area contributed by atoms with E-state index < -0.39 is 0 Å². The van der Waals surface area contributed by atoms with Crippen LogP contribution in [0.3, 0.4) is 0 Å². The Hall–Kier alpha value is -2.08. The lowest BCUT2D eigenvalue weighted by Gasteiger charge is -1.98. The van der Waals surface area contributed by atoms with E-state index in [1.807, 2.05) is 37.3 Å². The second kappa shape index (κ2) is 4.63. The monoisotopic (exact) mass is 212 g/mol. The molecule has 0 saturated carbocycles. The molecule has 16 heavy (non-hydrogen) atoms. The zero-order chi connectivity index (χ0) is 11.4. The number of aromatic nitrogens is 1. The third-order valence-electron chi connectivity index (χ3n) is 2.32. The average molecular weight is 212 g/mol. The molecule has 1 aromatic carbocycles. The van der Waals surface area contributed by atoms with Crippen LogP contribution in [0.15, 0.2) is 34.7 Å². The molecule has 3 nitrogen and oxygen atoms in total. The number of nitriles is 1. The number of oxazole rings is 1. The molecule has 1 aromatic heterocycles. The van der Waals surface area contributed by atoms with Crippen molar-refractivity contribution in [2.24, 2.45) is 0 Å². The first-order valence-electron chi connectivity index (χ1n) is 5.20. The van der Waals surface area contributed by atoms with E-state index in [1.165, 1.54) is 0 Å². The Labute approximate surface area is 94.4 Å². The smallest absolute Gasteiger partial charge is 0.191 e. The van der Waals surface area contributed by atoms with Crippen molar-refractivity contribution in [2.75, 3.05) is 0 Å². The minimum atomic E-state index is 0.453. The molecule has 2 aromatic rings. The molecule has 0 bridgehead atoms. The van der Waals surface area contributed by atoms with Gasteiger partial charge in [-0.1, -0.05) is 30.3 Å². The zero-order valence-electron chi connectivity index (χ0n) is 9.10. The molecule has 0 fully saturated rings. The molecule has 0 aliphatic rings. The summed E-state index contributed by atoms with van der Waals surface area (Å²) in [6.07, 6.45) is 1.07. The second-order valence-electron chi connectivity index (χ2n) is 3.53. The lowest BCUT2D eigenvalue weighted by Crippen LogP contribution is -1.86. The number of benzene rings is 1. The number of hydrogen-bond donors (Lipinski definition) is 0. The van der Waals surface area contributed by atoms with E-state index in [4.69, 9.17) is 9.68 Å². The Kier molecular flexibility index (Phi) is 3.02. The van der Waals surface area contributed by atoms with E-state index >= 15 is 0 Å². The van der Waals surface area contributed by atoms with Gasteiger partial charge in [0.25, 0.3) is 0 Å². The summed E-state index contributed by atoms with van der Waals surface area (Å²) in [4.78, 5) is 4.36. The molecule has 0 aliphatic heterocycles. The number of nitrogens with zero attached hydrogens (tertiary/aromatic N) is 2. The highest BCUT2D eigenvalue weighted by atomic mass is 16.4. The normalized spacial score (nSPS) is 10.0.